The van der Waals surface area contributed by atoms with Gasteiger partial charge in [0.1, 0.15) is 5.69 Å². The molecule has 1 saturated heterocycles. The number of nitrogens with one attached hydrogen (secondary N) is 2. The second-order valence-electron chi connectivity index (χ2n) is 5.62. The molecule has 132 valence electrons. The number of amides is 2. The fourth-order valence-electron chi connectivity index (χ4n) is 2.68. The van der Waals surface area contributed by atoms with Gasteiger partial charge in [-0.3, -0.25) is 9.59 Å². The van der Waals surface area contributed by atoms with E-state index in [9.17, 15) is 31.5 Å². The third-order valence-corrected chi connectivity index (χ3v) is 3.91. The first-order valence-electron chi connectivity index (χ1n) is 7.16. The lowest BCUT2D eigenvalue weighted by Gasteiger charge is -2.27. The number of rotatable bonds is 4. The molecule has 1 fully saturated rings. The summed E-state index contributed by atoms with van der Waals surface area (Å²) in [4.78, 5) is 23.6. The first kappa shape index (κ1) is 18.1. The summed E-state index contributed by atoms with van der Waals surface area (Å²) in [5.41, 5.74) is 3.81. The van der Waals surface area contributed by atoms with Crippen molar-refractivity contribution in [1.82, 2.24) is 0 Å². The van der Waals surface area contributed by atoms with Crippen LogP contribution in [0.1, 0.15) is 12.8 Å². The largest absolute Gasteiger partial charge is 0.369 e. The zero-order valence-electron chi connectivity index (χ0n) is 12.4. The quantitative estimate of drug-likeness (QED) is 0.408. The predicted octanol–water partition coefficient (Wildman–Crippen LogP) is 0.101. The molecule has 0 bridgehead atoms. The smallest absolute Gasteiger partial charge is 0.279 e. The Kier molecular flexibility index (Phi) is 5.37. The van der Waals surface area contributed by atoms with Crippen LogP contribution in [-0.2, 0) is 9.59 Å². The van der Waals surface area contributed by atoms with Gasteiger partial charge in [0.2, 0.25) is 11.7 Å². The molecule has 1 unspecified atom stereocenters. The molecule has 0 spiro atoms. The van der Waals surface area contributed by atoms with Crippen molar-refractivity contribution in [2.24, 2.45) is 11.7 Å². The molecule has 1 aliphatic heterocycles. The lowest BCUT2D eigenvalue weighted by Crippen LogP contribution is -3.14. The van der Waals surface area contributed by atoms with Gasteiger partial charge in [-0.15, -0.1) is 0 Å². The van der Waals surface area contributed by atoms with Crippen LogP contribution in [0.15, 0.2) is 0 Å². The molecule has 0 aliphatic carbocycles. The minimum absolute atomic E-state index is 0.264. The highest BCUT2D eigenvalue weighted by Gasteiger charge is 2.30. The van der Waals surface area contributed by atoms with Crippen molar-refractivity contribution in [2.75, 3.05) is 25.0 Å². The third-order valence-electron chi connectivity index (χ3n) is 3.91. The average Bonchev–Trinajstić information content (AvgIpc) is 2.55. The zero-order valence-corrected chi connectivity index (χ0v) is 12.4. The summed E-state index contributed by atoms with van der Waals surface area (Å²) in [5, 5.41) is 1.71. The molecule has 5 nitrogen and oxygen atoms in total. The van der Waals surface area contributed by atoms with Crippen molar-refractivity contribution in [1.29, 1.82) is 0 Å². The van der Waals surface area contributed by atoms with Gasteiger partial charge in [0.05, 0.1) is 19.0 Å². The van der Waals surface area contributed by atoms with Crippen LogP contribution < -0.4 is 16.0 Å². The Morgan fingerprint density at radius 1 is 1.04 bits per heavy atom. The van der Waals surface area contributed by atoms with Gasteiger partial charge in [-0.1, -0.05) is 0 Å². The minimum Gasteiger partial charge on any atom is -0.369 e. The van der Waals surface area contributed by atoms with Gasteiger partial charge >= 0.3 is 0 Å². The molecule has 1 aromatic rings. The Hall–Kier alpha value is -2.23. The number of hydrogen-bond acceptors (Lipinski definition) is 2. The Labute approximate surface area is 133 Å². The van der Waals surface area contributed by atoms with E-state index in [0.29, 0.717) is 24.3 Å². The number of benzene rings is 1. The third kappa shape index (κ3) is 3.64. The van der Waals surface area contributed by atoms with Crippen LogP contribution >= 0.6 is 0 Å². The van der Waals surface area contributed by atoms with Crippen LogP contribution in [0.4, 0.5) is 27.6 Å². The standard InChI is InChI=1S/C14H14F5N3O2/c15-8-9(16)11(18)13(12(19)10(8)17)21-7(23)5-22-3-1-2-6(4-22)14(20)24/h6H,1-5H2,(H2,20,24)(H,21,23)/p+1/t6-/m1/s1. The second kappa shape index (κ2) is 7.12. The van der Waals surface area contributed by atoms with Crippen molar-refractivity contribution < 1.29 is 36.4 Å². The summed E-state index contributed by atoms with van der Waals surface area (Å²) in [6.07, 6.45) is 1.21. The van der Waals surface area contributed by atoms with Crippen molar-refractivity contribution in [3.8, 4) is 0 Å². The van der Waals surface area contributed by atoms with E-state index in [1.54, 1.807) is 5.32 Å². The molecule has 2 amide bonds. The molecule has 1 aliphatic rings. The summed E-state index contributed by atoms with van der Waals surface area (Å²) in [5.74, 6) is -12.6. The predicted molar refractivity (Wildman–Crippen MR) is 72.3 cm³/mol. The molecule has 2 rings (SSSR count). The number of likely N-dealkylation sites (tertiary alicyclic amines) is 1. The van der Waals surface area contributed by atoms with E-state index in [1.807, 2.05) is 0 Å². The van der Waals surface area contributed by atoms with Crippen LogP contribution in [0.2, 0.25) is 0 Å². The normalized spacial score (nSPS) is 20.7. The number of anilines is 1. The van der Waals surface area contributed by atoms with Crippen LogP contribution in [0.25, 0.3) is 0 Å². The Balaban J connectivity index is 2.09. The van der Waals surface area contributed by atoms with Crippen molar-refractivity contribution in [3.05, 3.63) is 29.1 Å². The van der Waals surface area contributed by atoms with E-state index in [2.05, 4.69) is 0 Å². The summed E-state index contributed by atoms with van der Waals surface area (Å²) >= 11 is 0. The minimum atomic E-state index is -2.30. The molecular weight excluding hydrogens is 337 g/mol. The number of carbonyl (C=O) groups excluding carboxylic acids is 2. The molecule has 1 heterocycles. The van der Waals surface area contributed by atoms with Gasteiger partial charge in [-0.05, 0) is 12.8 Å². The molecule has 0 saturated carbocycles. The number of halogens is 5. The van der Waals surface area contributed by atoms with Crippen molar-refractivity contribution in [3.63, 3.8) is 0 Å². The summed E-state index contributed by atoms with van der Waals surface area (Å²) in [7, 11) is 0. The SMILES string of the molecule is NC(=O)[C@@H]1CCC[NH+](CC(=O)Nc2c(F)c(F)c(F)c(F)c2F)C1. The molecule has 4 N–H and O–H groups in total. The maximum atomic E-state index is 13.5. The molecule has 0 aromatic heterocycles. The maximum Gasteiger partial charge on any atom is 0.279 e. The summed E-state index contributed by atoms with van der Waals surface area (Å²) < 4.78 is 66.1. The molecule has 10 heteroatoms. The van der Waals surface area contributed by atoms with Gasteiger partial charge < -0.3 is 16.0 Å². The topological polar surface area (TPSA) is 76.6 Å². The van der Waals surface area contributed by atoms with Crippen molar-refractivity contribution in [2.45, 2.75) is 12.8 Å². The van der Waals surface area contributed by atoms with Crippen molar-refractivity contribution >= 4 is 17.5 Å². The monoisotopic (exact) mass is 352 g/mol. The molecule has 1 aromatic carbocycles. The highest BCUT2D eigenvalue weighted by molar-refractivity contribution is 5.91. The van der Waals surface area contributed by atoms with Gasteiger partial charge in [0.15, 0.2) is 29.8 Å². The number of primary amides is 1. The molecular formula is C14H15F5N3O2+. The van der Waals surface area contributed by atoms with Crippen LogP contribution in [0.5, 0.6) is 0 Å². The number of piperidine rings is 1. The van der Waals surface area contributed by atoms with E-state index in [-0.39, 0.29) is 13.1 Å². The zero-order chi connectivity index (χ0) is 18.0. The Bertz CT molecular complexity index is 654. The maximum absolute atomic E-state index is 13.5. The fraction of sp³-hybridized carbons (Fsp3) is 0.429. The van der Waals surface area contributed by atoms with E-state index in [0.717, 1.165) is 0 Å². The molecule has 0 radical (unpaired) electrons. The van der Waals surface area contributed by atoms with E-state index in [4.69, 9.17) is 5.73 Å². The van der Waals surface area contributed by atoms with Crippen LogP contribution in [-0.4, -0.2) is 31.4 Å². The lowest BCUT2D eigenvalue weighted by molar-refractivity contribution is -0.899. The van der Waals surface area contributed by atoms with Gasteiger partial charge in [0, 0.05) is 0 Å². The Morgan fingerprint density at radius 2 is 1.58 bits per heavy atom. The summed E-state index contributed by atoms with van der Waals surface area (Å²) in [6, 6.07) is 0. The fourth-order valence-corrected chi connectivity index (χ4v) is 2.68. The number of carbonyl (C=O) groups is 2. The first-order valence-corrected chi connectivity index (χ1v) is 7.16. The number of nitrogens with two attached hydrogens (primary N) is 1. The second-order valence-corrected chi connectivity index (χ2v) is 5.62. The van der Waals surface area contributed by atoms with Gasteiger partial charge in [-0.2, -0.15) is 0 Å². The van der Waals surface area contributed by atoms with E-state index in [1.165, 1.54) is 0 Å². The van der Waals surface area contributed by atoms with E-state index >= 15 is 0 Å². The highest BCUT2D eigenvalue weighted by atomic mass is 19.2. The van der Waals surface area contributed by atoms with Gasteiger partial charge in [0.25, 0.3) is 5.91 Å². The van der Waals surface area contributed by atoms with Crippen LogP contribution in [0, 0.1) is 35.0 Å². The number of hydrogen-bond donors (Lipinski definition) is 3. The lowest BCUT2D eigenvalue weighted by atomic mass is 9.97. The molecule has 24 heavy (non-hydrogen) atoms. The Morgan fingerprint density at radius 3 is 2.12 bits per heavy atom. The average molecular weight is 352 g/mol. The van der Waals surface area contributed by atoms with E-state index < -0.39 is 52.5 Å². The summed E-state index contributed by atoms with van der Waals surface area (Å²) in [6.45, 7) is 0.497. The first-order chi connectivity index (χ1) is 11.2. The van der Waals surface area contributed by atoms with Crippen LogP contribution in [0.3, 0.4) is 0 Å². The molecule has 2 atom stereocenters. The number of quaternary nitrogens is 1. The highest BCUT2D eigenvalue weighted by Crippen LogP contribution is 2.26. The van der Waals surface area contributed by atoms with Gasteiger partial charge in [-0.25, -0.2) is 22.0 Å².